The maximum absolute atomic E-state index is 12.2. The predicted octanol–water partition coefficient (Wildman–Crippen LogP) is 3.29. The number of para-hydroxylation sites is 1. The molecule has 2 aromatic rings. The fraction of sp³-hybridized carbons (Fsp3) is 0.200. The number of pyridine rings is 1. The summed E-state index contributed by atoms with van der Waals surface area (Å²) in [6, 6.07) is 11.1. The zero-order valence-electron chi connectivity index (χ0n) is 11.1. The molecule has 20 heavy (non-hydrogen) atoms. The van der Waals surface area contributed by atoms with Crippen LogP contribution in [0.5, 0.6) is 0 Å². The van der Waals surface area contributed by atoms with Gasteiger partial charge in [-0.3, -0.25) is 4.79 Å². The summed E-state index contributed by atoms with van der Waals surface area (Å²) in [7, 11) is 1.66. The highest BCUT2D eigenvalue weighted by molar-refractivity contribution is 9.10. The van der Waals surface area contributed by atoms with Crippen LogP contribution in [0.2, 0.25) is 0 Å². The molecule has 0 unspecified atom stereocenters. The summed E-state index contributed by atoms with van der Waals surface area (Å²) in [5, 5.41) is 2.92. The lowest BCUT2D eigenvalue weighted by Gasteiger charge is -2.10. The van der Waals surface area contributed by atoms with E-state index < -0.39 is 0 Å². The van der Waals surface area contributed by atoms with Gasteiger partial charge < -0.3 is 10.1 Å². The molecule has 4 nitrogen and oxygen atoms in total. The molecule has 0 saturated carbocycles. The summed E-state index contributed by atoms with van der Waals surface area (Å²) in [6.07, 6.45) is 2.35. The van der Waals surface area contributed by atoms with Crippen LogP contribution < -0.4 is 5.32 Å². The molecule has 0 radical (unpaired) electrons. The van der Waals surface area contributed by atoms with Crippen molar-refractivity contribution in [1.82, 2.24) is 4.98 Å². The zero-order chi connectivity index (χ0) is 14.4. The van der Waals surface area contributed by atoms with E-state index in [1.165, 1.54) is 0 Å². The van der Waals surface area contributed by atoms with Gasteiger partial charge in [-0.2, -0.15) is 0 Å². The molecule has 1 aromatic carbocycles. The molecular weight excluding hydrogens is 320 g/mol. The van der Waals surface area contributed by atoms with Crippen molar-refractivity contribution < 1.29 is 9.53 Å². The Kier molecular flexibility index (Phi) is 5.26. The molecule has 0 saturated heterocycles. The van der Waals surface area contributed by atoms with Gasteiger partial charge in [-0.15, -0.1) is 0 Å². The Labute approximate surface area is 126 Å². The second-order valence-corrected chi connectivity index (χ2v) is 5.03. The van der Waals surface area contributed by atoms with Gasteiger partial charge in [0.2, 0.25) is 0 Å². The highest BCUT2D eigenvalue weighted by atomic mass is 79.9. The van der Waals surface area contributed by atoms with Crippen LogP contribution in [0.4, 0.5) is 5.69 Å². The first-order valence-corrected chi connectivity index (χ1v) is 7.00. The number of aromatic nitrogens is 1. The number of methoxy groups -OCH3 is 1. The largest absolute Gasteiger partial charge is 0.384 e. The average molecular weight is 335 g/mol. The van der Waals surface area contributed by atoms with Crippen molar-refractivity contribution in [3.63, 3.8) is 0 Å². The van der Waals surface area contributed by atoms with Crippen LogP contribution in [0.1, 0.15) is 15.9 Å². The minimum absolute atomic E-state index is 0.155. The van der Waals surface area contributed by atoms with E-state index in [4.69, 9.17) is 4.74 Å². The number of amides is 1. The molecule has 0 aliphatic heterocycles. The van der Waals surface area contributed by atoms with Gasteiger partial charge in [-0.05, 0) is 46.1 Å². The van der Waals surface area contributed by atoms with Crippen LogP contribution in [-0.2, 0) is 11.2 Å². The normalized spacial score (nSPS) is 10.3. The maximum Gasteiger partial charge on any atom is 0.255 e. The summed E-state index contributed by atoms with van der Waals surface area (Å²) in [5.41, 5.74) is 2.42. The molecule has 1 N–H and O–H groups in total. The van der Waals surface area contributed by atoms with E-state index in [2.05, 4.69) is 26.2 Å². The third-order valence-electron chi connectivity index (χ3n) is 2.83. The third-order valence-corrected chi connectivity index (χ3v) is 3.26. The summed E-state index contributed by atoms with van der Waals surface area (Å²) in [5.74, 6) is -0.155. The first-order valence-electron chi connectivity index (χ1n) is 6.20. The van der Waals surface area contributed by atoms with Gasteiger partial charge in [0.25, 0.3) is 5.91 Å². The number of hydrogen-bond acceptors (Lipinski definition) is 3. The third kappa shape index (κ3) is 3.88. The van der Waals surface area contributed by atoms with Crippen LogP contribution in [0.25, 0.3) is 0 Å². The smallest absolute Gasteiger partial charge is 0.255 e. The maximum atomic E-state index is 12.2. The molecule has 0 fully saturated rings. The van der Waals surface area contributed by atoms with E-state index in [1.807, 2.05) is 24.3 Å². The van der Waals surface area contributed by atoms with E-state index in [1.54, 1.807) is 25.4 Å². The first-order chi connectivity index (χ1) is 9.70. The van der Waals surface area contributed by atoms with E-state index in [0.29, 0.717) is 16.8 Å². The molecular formula is C15H15BrN2O2. The lowest BCUT2D eigenvalue weighted by Crippen LogP contribution is -2.14. The fourth-order valence-electron chi connectivity index (χ4n) is 1.81. The van der Waals surface area contributed by atoms with Crippen molar-refractivity contribution >= 4 is 27.5 Å². The summed E-state index contributed by atoms with van der Waals surface area (Å²) in [4.78, 5) is 16.2. The molecule has 0 spiro atoms. The van der Waals surface area contributed by atoms with Crippen LogP contribution in [0.3, 0.4) is 0 Å². The number of ether oxygens (including phenoxy) is 1. The quantitative estimate of drug-likeness (QED) is 0.853. The summed E-state index contributed by atoms with van der Waals surface area (Å²) in [6.45, 7) is 0.619. The minimum atomic E-state index is -0.155. The van der Waals surface area contributed by atoms with Crippen molar-refractivity contribution in [2.75, 3.05) is 19.0 Å². The van der Waals surface area contributed by atoms with Crippen molar-refractivity contribution in [1.29, 1.82) is 0 Å². The lowest BCUT2D eigenvalue weighted by atomic mass is 10.1. The van der Waals surface area contributed by atoms with Crippen molar-refractivity contribution in [3.8, 4) is 0 Å². The lowest BCUT2D eigenvalue weighted by molar-refractivity contribution is 0.102. The Morgan fingerprint density at radius 2 is 2.15 bits per heavy atom. The van der Waals surface area contributed by atoms with Crippen molar-refractivity contribution in [2.45, 2.75) is 6.42 Å². The van der Waals surface area contributed by atoms with E-state index in [0.717, 1.165) is 17.7 Å². The summed E-state index contributed by atoms with van der Waals surface area (Å²) < 4.78 is 5.72. The number of nitrogens with one attached hydrogen (secondary N) is 1. The zero-order valence-corrected chi connectivity index (χ0v) is 12.7. The Balaban J connectivity index is 2.15. The minimum Gasteiger partial charge on any atom is -0.384 e. The Bertz CT molecular complexity index is 602. The van der Waals surface area contributed by atoms with Crippen molar-refractivity contribution in [3.05, 3.63) is 58.3 Å². The number of anilines is 1. The van der Waals surface area contributed by atoms with E-state index in [-0.39, 0.29) is 5.91 Å². The number of nitrogens with zero attached hydrogens (tertiary/aromatic N) is 1. The van der Waals surface area contributed by atoms with Crippen LogP contribution in [0, 0.1) is 0 Å². The van der Waals surface area contributed by atoms with Gasteiger partial charge in [-0.25, -0.2) is 4.98 Å². The molecule has 5 heteroatoms. The fourth-order valence-corrected chi connectivity index (χ4v) is 2.18. The van der Waals surface area contributed by atoms with Gasteiger partial charge in [0.05, 0.1) is 6.61 Å². The number of rotatable bonds is 5. The van der Waals surface area contributed by atoms with Gasteiger partial charge >= 0.3 is 0 Å². The predicted molar refractivity (Wildman–Crippen MR) is 81.9 cm³/mol. The highest BCUT2D eigenvalue weighted by Crippen LogP contribution is 2.17. The SMILES string of the molecule is COCCc1ccccc1NC(=O)c1ccnc(Br)c1. The average Bonchev–Trinajstić information content (AvgIpc) is 2.46. The molecule has 0 aliphatic rings. The van der Waals surface area contributed by atoms with Gasteiger partial charge in [0.15, 0.2) is 0 Å². The number of carbonyl (C=O) groups is 1. The Morgan fingerprint density at radius 3 is 2.90 bits per heavy atom. The monoisotopic (exact) mass is 334 g/mol. The van der Waals surface area contributed by atoms with Crippen LogP contribution in [0.15, 0.2) is 47.2 Å². The Morgan fingerprint density at radius 1 is 1.35 bits per heavy atom. The van der Waals surface area contributed by atoms with Crippen LogP contribution in [-0.4, -0.2) is 24.6 Å². The van der Waals surface area contributed by atoms with E-state index in [9.17, 15) is 4.79 Å². The molecule has 0 atom stereocenters. The second-order valence-electron chi connectivity index (χ2n) is 4.22. The summed E-state index contributed by atoms with van der Waals surface area (Å²) >= 11 is 3.26. The molecule has 2 rings (SSSR count). The number of hydrogen-bond donors (Lipinski definition) is 1. The second kappa shape index (κ2) is 7.17. The van der Waals surface area contributed by atoms with Gasteiger partial charge in [-0.1, -0.05) is 18.2 Å². The molecule has 1 aromatic heterocycles. The first kappa shape index (κ1) is 14.7. The number of benzene rings is 1. The molecule has 104 valence electrons. The topological polar surface area (TPSA) is 51.2 Å². The van der Waals surface area contributed by atoms with Gasteiger partial charge in [0.1, 0.15) is 4.60 Å². The molecule has 1 heterocycles. The molecule has 0 aliphatic carbocycles. The van der Waals surface area contributed by atoms with Gasteiger partial charge in [0, 0.05) is 24.6 Å². The molecule has 1 amide bonds. The number of carbonyl (C=O) groups excluding carboxylic acids is 1. The number of halogens is 1. The van der Waals surface area contributed by atoms with Crippen molar-refractivity contribution in [2.24, 2.45) is 0 Å². The molecule has 0 bridgehead atoms. The van der Waals surface area contributed by atoms with E-state index >= 15 is 0 Å². The highest BCUT2D eigenvalue weighted by Gasteiger charge is 2.09. The van der Waals surface area contributed by atoms with Crippen LogP contribution >= 0.6 is 15.9 Å². The Hall–Kier alpha value is -1.72. The standard InChI is InChI=1S/C15H15BrN2O2/c1-20-9-7-11-4-2-3-5-13(11)18-15(19)12-6-8-17-14(16)10-12/h2-6,8,10H,7,9H2,1H3,(H,18,19).